The van der Waals surface area contributed by atoms with E-state index in [1.54, 1.807) is 12.1 Å². The van der Waals surface area contributed by atoms with Crippen molar-refractivity contribution >= 4 is 29.1 Å². The minimum Gasteiger partial charge on any atom is -0.399 e. The molecule has 2 aromatic carbocycles. The zero-order chi connectivity index (χ0) is 12.3. The molecular formula is C13H9ClN2S. The standard InChI is InChI=1S/C13H9ClN2S/c14-10-2-1-3-12(7-10)17-13-5-4-11(16)6-9(13)8-15/h1-7H,16H2. The van der Waals surface area contributed by atoms with E-state index in [-0.39, 0.29) is 0 Å². The Hall–Kier alpha value is -1.63. The van der Waals surface area contributed by atoms with E-state index in [1.807, 2.05) is 30.3 Å². The zero-order valence-electron chi connectivity index (χ0n) is 8.85. The van der Waals surface area contributed by atoms with E-state index in [4.69, 9.17) is 22.6 Å². The lowest BCUT2D eigenvalue weighted by atomic mass is 10.2. The molecule has 0 aliphatic carbocycles. The van der Waals surface area contributed by atoms with Crippen LogP contribution in [0.2, 0.25) is 5.02 Å². The third-order valence-corrected chi connectivity index (χ3v) is 3.45. The minimum atomic E-state index is 0.579. The molecule has 0 heterocycles. The molecule has 17 heavy (non-hydrogen) atoms. The highest BCUT2D eigenvalue weighted by atomic mass is 35.5. The average molecular weight is 261 g/mol. The molecule has 2 nitrogen and oxygen atoms in total. The van der Waals surface area contributed by atoms with Gasteiger partial charge in [0, 0.05) is 20.5 Å². The average Bonchev–Trinajstić information content (AvgIpc) is 2.31. The van der Waals surface area contributed by atoms with Gasteiger partial charge in [-0.2, -0.15) is 5.26 Å². The molecule has 0 amide bonds. The number of rotatable bonds is 2. The first-order valence-corrected chi connectivity index (χ1v) is 6.11. The van der Waals surface area contributed by atoms with Crippen molar-refractivity contribution in [3.63, 3.8) is 0 Å². The number of hydrogen-bond acceptors (Lipinski definition) is 3. The van der Waals surface area contributed by atoms with E-state index in [0.29, 0.717) is 16.3 Å². The molecule has 84 valence electrons. The number of hydrogen-bond donors (Lipinski definition) is 1. The number of anilines is 1. The summed E-state index contributed by atoms with van der Waals surface area (Å²) >= 11 is 7.41. The Labute approximate surface area is 109 Å². The van der Waals surface area contributed by atoms with Crippen LogP contribution in [0, 0.1) is 11.3 Å². The predicted octanol–water partition coefficient (Wildman–Crippen LogP) is 3.95. The van der Waals surface area contributed by atoms with E-state index >= 15 is 0 Å². The molecule has 0 aliphatic rings. The van der Waals surface area contributed by atoms with Gasteiger partial charge in [0.2, 0.25) is 0 Å². The van der Waals surface area contributed by atoms with E-state index in [1.165, 1.54) is 11.8 Å². The fourth-order valence-corrected chi connectivity index (χ4v) is 2.57. The van der Waals surface area contributed by atoms with Crippen molar-refractivity contribution in [1.29, 1.82) is 5.26 Å². The summed E-state index contributed by atoms with van der Waals surface area (Å²) in [6, 6.07) is 15.0. The lowest BCUT2D eigenvalue weighted by Gasteiger charge is -2.05. The van der Waals surface area contributed by atoms with Gasteiger partial charge >= 0.3 is 0 Å². The molecule has 0 unspecified atom stereocenters. The number of nitrogens with two attached hydrogens (primary N) is 1. The predicted molar refractivity (Wildman–Crippen MR) is 71.1 cm³/mol. The molecule has 0 aromatic heterocycles. The summed E-state index contributed by atoms with van der Waals surface area (Å²) < 4.78 is 0. The second kappa shape index (κ2) is 5.13. The molecule has 0 saturated heterocycles. The lowest BCUT2D eigenvalue weighted by molar-refractivity contribution is 1.35. The van der Waals surface area contributed by atoms with Gasteiger partial charge in [-0.25, -0.2) is 0 Å². The molecule has 0 aliphatic heterocycles. The van der Waals surface area contributed by atoms with Gasteiger partial charge in [-0.1, -0.05) is 29.4 Å². The van der Waals surface area contributed by atoms with Gasteiger partial charge in [-0.3, -0.25) is 0 Å². The molecule has 0 atom stereocenters. The Balaban J connectivity index is 2.34. The van der Waals surface area contributed by atoms with Crippen LogP contribution in [0.1, 0.15) is 5.56 Å². The Morgan fingerprint density at radius 1 is 1.18 bits per heavy atom. The van der Waals surface area contributed by atoms with Crippen molar-refractivity contribution in [2.45, 2.75) is 9.79 Å². The van der Waals surface area contributed by atoms with Crippen LogP contribution in [0.3, 0.4) is 0 Å². The minimum absolute atomic E-state index is 0.579. The van der Waals surface area contributed by atoms with Gasteiger partial charge in [0.1, 0.15) is 6.07 Å². The molecule has 4 heteroatoms. The molecule has 0 radical (unpaired) electrons. The van der Waals surface area contributed by atoms with E-state index < -0.39 is 0 Å². The van der Waals surface area contributed by atoms with Crippen molar-refractivity contribution in [1.82, 2.24) is 0 Å². The number of benzene rings is 2. The fourth-order valence-electron chi connectivity index (χ4n) is 1.38. The maximum Gasteiger partial charge on any atom is 0.100 e. The molecule has 2 aromatic rings. The van der Waals surface area contributed by atoms with Crippen LogP contribution in [0.5, 0.6) is 0 Å². The summed E-state index contributed by atoms with van der Waals surface area (Å²) in [4.78, 5) is 1.88. The van der Waals surface area contributed by atoms with Crippen molar-refractivity contribution in [3.8, 4) is 6.07 Å². The second-order valence-corrected chi connectivity index (χ2v) is 4.98. The summed E-state index contributed by atoms with van der Waals surface area (Å²) in [5.41, 5.74) is 6.81. The first-order chi connectivity index (χ1) is 8.19. The van der Waals surface area contributed by atoms with E-state index in [9.17, 15) is 0 Å². The zero-order valence-corrected chi connectivity index (χ0v) is 10.4. The van der Waals surface area contributed by atoms with Crippen LogP contribution < -0.4 is 5.73 Å². The van der Waals surface area contributed by atoms with Crippen molar-refractivity contribution in [2.75, 3.05) is 5.73 Å². The third kappa shape index (κ3) is 2.94. The Bertz CT molecular complexity index is 590. The van der Waals surface area contributed by atoms with Gasteiger partial charge in [-0.05, 0) is 36.4 Å². The smallest absolute Gasteiger partial charge is 0.100 e. The van der Waals surface area contributed by atoms with Gasteiger partial charge in [0.25, 0.3) is 0 Å². The number of nitriles is 1. The second-order valence-electron chi connectivity index (χ2n) is 3.43. The molecule has 2 N–H and O–H groups in total. The molecule has 0 bridgehead atoms. The maximum atomic E-state index is 9.03. The van der Waals surface area contributed by atoms with Crippen molar-refractivity contribution < 1.29 is 0 Å². The molecule has 0 fully saturated rings. The van der Waals surface area contributed by atoms with Crippen LogP contribution in [0.4, 0.5) is 5.69 Å². The lowest BCUT2D eigenvalue weighted by Crippen LogP contribution is -1.87. The Morgan fingerprint density at radius 2 is 2.00 bits per heavy atom. The van der Waals surface area contributed by atoms with Gasteiger partial charge < -0.3 is 5.73 Å². The monoisotopic (exact) mass is 260 g/mol. The maximum absolute atomic E-state index is 9.03. The SMILES string of the molecule is N#Cc1cc(N)ccc1Sc1cccc(Cl)c1. The molecule has 2 rings (SSSR count). The van der Waals surface area contributed by atoms with Crippen LogP contribution in [0.15, 0.2) is 52.3 Å². The molecule has 0 spiro atoms. The summed E-state index contributed by atoms with van der Waals surface area (Å²) in [6.45, 7) is 0. The summed E-state index contributed by atoms with van der Waals surface area (Å²) in [5.74, 6) is 0. The highest BCUT2D eigenvalue weighted by molar-refractivity contribution is 7.99. The van der Waals surface area contributed by atoms with Crippen molar-refractivity contribution in [2.24, 2.45) is 0 Å². The highest BCUT2D eigenvalue weighted by Crippen LogP contribution is 2.32. The van der Waals surface area contributed by atoms with Crippen LogP contribution in [0.25, 0.3) is 0 Å². The molecular weight excluding hydrogens is 252 g/mol. The fraction of sp³-hybridized carbons (Fsp3) is 0. The van der Waals surface area contributed by atoms with Gasteiger partial charge in [-0.15, -0.1) is 0 Å². The molecule has 0 saturated carbocycles. The first kappa shape index (κ1) is 11.8. The third-order valence-electron chi connectivity index (χ3n) is 2.15. The topological polar surface area (TPSA) is 49.8 Å². The summed E-state index contributed by atoms with van der Waals surface area (Å²) in [6.07, 6.45) is 0. The van der Waals surface area contributed by atoms with Crippen LogP contribution in [-0.2, 0) is 0 Å². The largest absolute Gasteiger partial charge is 0.399 e. The summed E-state index contributed by atoms with van der Waals surface area (Å²) in [5, 5.41) is 9.71. The Morgan fingerprint density at radius 3 is 2.71 bits per heavy atom. The van der Waals surface area contributed by atoms with Gasteiger partial charge in [0.05, 0.1) is 5.56 Å². The quantitative estimate of drug-likeness (QED) is 0.832. The highest BCUT2D eigenvalue weighted by Gasteiger charge is 2.05. The number of halogens is 1. The van der Waals surface area contributed by atoms with Crippen LogP contribution >= 0.6 is 23.4 Å². The Kier molecular flexibility index (Phi) is 3.58. The van der Waals surface area contributed by atoms with E-state index in [0.717, 1.165) is 9.79 Å². The van der Waals surface area contributed by atoms with Crippen molar-refractivity contribution in [3.05, 3.63) is 53.1 Å². The normalized spacial score (nSPS) is 9.88. The first-order valence-electron chi connectivity index (χ1n) is 4.92. The van der Waals surface area contributed by atoms with Gasteiger partial charge in [0.15, 0.2) is 0 Å². The summed E-state index contributed by atoms with van der Waals surface area (Å²) in [7, 11) is 0. The number of nitrogen functional groups attached to an aromatic ring is 1. The van der Waals surface area contributed by atoms with Crippen LogP contribution in [-0.4, -0.2) is 0 Å². The number of nitrogens with zero attached hydrogens (tertiary/aromatic N) is 1. The van der Waals surface area contributed by atoms with E-state index in [2.05, 4.69) is 6.07 Å².